The first-order valence-electron chi connectivity index (χ1n) is 7.17. The summed E-state index contributed by atoms with van der Waals surface area (Å²) in [4.78, 5) is 22.5. The van der Waals surface area contributed by atoms with Gasteiger partial charge in [-0.25, -0.2) is 0 Å². The summed E-state index contributed by atoms with van der Waals surface area (Å²) >= 11 is 0. The predicted molar refractivity (Wildman–Crippen MR) is 82.0 cm³/mol. The largest absolute Gasteiger partial charge is 0.489 e. The van der Waals surface area contributed by atoms with Crippen molar-refractivity contribution in [1.82, 2.24) is 0 Å². The highest BCUT2D eigenvalue weighted by Crippen LogP contribution is 2.20. The molecule has 0 aliphatic carbocycles. The van der Waals surface area contributed by atoms with Gasteiger partial charge in [0.25, 0.3) is 0 Å². The molecule has 0 heterocycles. The SMILES string of the molecule is Cc1ccc(COc2ccc(C(=O)CC(=O)C(F)(F)F)cc2)cc1. The Morgan fingerprint density at radius 2 is 1.54 bits per heavy atom. The lowest BCUT2D eigenvalue weighted by Crippen LogP contribution is -2.25. The van der Waals surface area contributed by atoms with E-state index in [4.69, 9.17) is 4.74 Å². The van der Waals surface area contributed by atoms with Crippen molar-refractivity contribution in [2.45, 2.75) is 26.1 Å². The quantitative estimate of drug-likeness (QED) is 0.584. The van der Waals surface area contributed by atoms with Crippen LogP contribution in [0.2, 0.25) is 0 Å². The molecule has 0 N–H and O–H groups in total. The molecular weight excluding hydrogens is 321 g/mol. The first-order chi connectivity index (χ1) is 11.3. The van der Waals surface area contributed by atoms with Crippen LogP contribution in [0, 0.1) is 6.92 Å². The number of hydrogen-bond acceptors (Lipinski definition) is 3. The molecule has 0 atom stereocenters. The van der Waals surface area contributed by atoms with E-state index in [1.54, 1.807) is 0 Å². The van der Waals surface area contributed by atoms with Crippen LogP contribution in [0.1, 0.15) is 27.9 Å². The molecule has 2 rings (SSSR count). The number of aryl methyl sites for hydroxylation is 1. The van der Waals surface area contributed by atoms with Crippen LogP contribution in [0.5, 0.6) is 5.75 Å². The Kier molecular flexibility index (Phi) is 5.39. The minimum atomic E-state index is -4.99. The molecule has 0 aromatic heterocycles. The molecule has 24 heavy (non-hydrogen) atoms. The van der Waals surface area contributed by atoms with Gasteiger partial charge in [0.1, 0.15) is 12.4 Å². The van der Waals surface area contributed by atoms with Gasteiger partial charge in [-0.2, -0.15) is 13.2 Å². The second-order valence-corrected chi connectivity index (χ2v) is 5.32. The summed E-state index contributed by atoms with van der Waals surface area (Å²) in [5.74, 6) is -2.44. The minimum absolute atomic E-state index is 0.0373. The molecule has 0 saturated carbocycles. The molecule has 0 spiro atoms. The van der Waals surface area contributed by atoms with Crippen molar-refractivity contribution in [3.8, 4) is 5.75 Å². The average Bonchev–Trinajstić information content (AvgIpc) is 2.54. The Bertz CT molecular complexity index is 717. The van der Waals surface area contributed by atoms with Crippen molar-refractivity contribution in [2.75, 3.05) is 0 Å². The maximum absolute atomic E-state index is 12.2. The second kappa shape index (κ2) is 7.29. The Labute approximate surface area is 137 Å². The molecular formula is C18H15F3O3. The Balaban J connectivity index is 1.94. The van der Waals surface area contributed by atoms with Crippen molar-refractivity contribution >= 4 is 11.6 Å². The first kappa shape index (κ1) is 17.7. The Morgan fingerprint density at radius 1 is 0.958 bits per heavy atom. The molecule has 0 aliphatic heterocycles. The van der Waals surface area contributed by atoms with E-state index in [-0.39, 0.29) is 5.56 Å². The zero-order valence-corrected chi connectivity index (χ0v) is 12.9. The van der Waals surface area contributed by atoms with Crippen LogP contribution in [-0.2, 0) is 11.4 Å². The van der Waals surface area contributed by atoms with Crippen molar-refractivity contribution in [3.05, 3.63) is 65.2 Å². The number of alkyl halides is 3. The number of halogens is 3. The minimum Gasteiger partial charge on any atom is -0.489 e. The molecule has 0 saturated heterocycles. The van der Waals surface area contributed by atoms with E-state index in [1.807, 2.05) is 31.2 Å². The van der Waals surface area contributed by atoms with E-state index >= 15 is 0 Å². The van der Waals surface area contributed by atoms with E-state index < -0.39 is 24.2 Å². The van der Waals surface area contributed by atoms with Gasteiger partial charge in [0.15, 0.2) is 5.78 Å². The molecule has 0 fully saturated rings. The second-order valence-electron chi connectivity index (χ2n) is 5.32. The summed E-state index contributed by atoms with van der Waals surface area (Å²) in [6.45, 7) is 2.31. The molecule has 0 aliphatic rings. The number of ether oxygens (including phenoxy) is 1. The van der Waals surface area contributed by atoms with Crippen LogP contribution in [0.25, 0.3) is 0 Å². The summed E-state index contributed by atoms with van der Waals surface area (Å²) < 4.78 is 42.0. The first-order valence-corrected chi connectivity index (χ1v) is 7.17. The van der Waals surface area contributed by atoms with Gasteiger partial charge in [-0.1, -0.05) is 29.8 Å². The van der Waals surface area contributed by atoms with Crippen molar-refractivity contribution < 1.29 is 27.5 Å². The normalized spacial score (nSPS) is 11.2. The van der Waals surface area contributed by atoms with Gasteiger partial charge in [0, 0.05) is 5.56 Å². The molecule has 3 nitrogen and oxygen atoms in total. The van der Waals surface area contributed by atoms with Crippen LogP contribution in [-0.4, -0.2) is 17.7 Å². The van der Waals surface area contributed by atoms with Crippen LogP contribution in [0.15, 0.2) is 48.5 Å². The van der Waals surface area contributed by atoms with Gasteiger partial charge in [-0.15, -0.1) is 0 Å². The average molecular weight is 336 g/mol. The zero-order valence-electron chi connectivity index (χ0n) is 12.9. The van der Waals surface area contributed by atoms with Gasteiger partial charge >= 0.3 is 6.18 Å². The van der Waals surface area contributed by atoms with Crippen LogP contribution in [0.3, 0.4) is 0 Å². The third-order valence-corrected chi connectivity index (χ3v) is 3.34. The van der Waals surface area contributed by atoms with Crippen LogP contribution < -0.4 is 4.74 Å². The van der Waals surface area contributed by atoms with E-state index in [2.05, 4.69) is 0 Å². The standard InChI is InChI=1S/C18H15F3O3/c1-12-2-4-13(5-3-12)11-24-15-8-6-14(7-9-15)16(22)10-17(23)18(19,20)21/h2-9H,10-11H2,1H3. The molecule has 0 bridgehead atoms. The van der Waals surface area contributed by atoms with Gasteiger partial charge < -0.3 is 4.74 Å². The predicted octanol–water partition coefficient (Wildman–Crippen LogP) is 4.28. The Morgan fingerprint density at radius 3 is 2.08 bits per heavy atom. The number of Topliss-reactive ketones (excluding diaryl/α,β-unsaturated/α-hetero) is 2. The third kappa shape index (κ3) is 4.94. The molecule has 0 unspecified atom stereocenters. The lowest BCUT2D eigenvalue weighted by Gasteiger charge is -2.08. The summed E-state index contributed by atoms with van der Waals surface area (Å²) in [6, 6.07) is 13.4. The molecule has 6 heteroatoms. The number of carbonyl (C=O) groups excluding carboxylic acids is 2. The molecule has 0 amide bonds. The van der Waals surface area contributed by atoms with Crippen molar-refractivity contribution in [3.63, 3.8) is 0 Å². The third-order valence-electron chi connectivity index (χ3n) is 3.34. The number of hydrogen-bond donors (Lipinski definition) is 0. The monoisotopic (exact) mass is 336 g/mol. The summed E-state index contributed by atoms with van der Waals surface area (Å²) in [5, 5.41) is 0. The van der Waals surface area contributed by atoms with Gasteiger partial charge in [-0.05, 0) is 36.8 Å². The number of benzene rings is 2. The van der Waals surface area contributed by atoms with Gasteiger partial charge in [0.05, 0.1) is 6.42 Å². The fourth-order valence-corrected chi connectivity index (χ4v) is 1.94. The van der Waals surface area contributed by atoms with Crippen molar-refractivity contribution in [2.24, 2.45) is 0 Å². The van der Waals surface area contributed by atoms with Crippen LogP contribution in [0.4, 0.5) is 13.2 Å². The van der Waals surface area contributed by atoms with E-state index in [1.165, 1.54) is 24.3 Å². The fraction of sp³-hybridized carbons (Fsp3) is 0.222. The van der Waals surface area contributed by atoms with E-state index in [0.29, 0.717) is 12.4 Å². The highest BCUT2D eigenvalue weighted by Gasteiger charge is 2.39. The fourth-order valence-electron chi connectivity index (χ4n) is 1.94. The van der Waals surface area contributed by atoms with Gasteiger partial charge in [-0.3, -0.25) is 9.59 Å². The lowest BCUT2D eigenvalue weighted by molar-refractivity contribution is -0.170. The molecule has 2 aromatic rings. The number of rotatable bonds is 6. The Hall–Kier alpha value is -2.63. The molecule has 2 aromatic carbocycles. The maximum atomic E-state index is 12.2. The highest BCUT2D eigenvalue weighted by atomic mass is 19.4. The maximum Gasteiger partial charge on any atom is 0.450 e. The smallest absolute Gasteiger partial charge is 0.450 e. The summed E-state index contributed by atoms with van der Waals surface area (Å²) in [5.41, 5.74) is 2.14. The molecule has 126 valence electrons. The van der Waals surface area contributed by atoms with Gasteiger partial charge in [0.2, 0.25) is 5.78 Å². The van der Waals surface area contributed by atoms with E-state index in [0.717, 1.165) is 11.1 Å². The number of ketones is 2. The molecule has 0 radical (unpaired) electrons. The number of carbonyl (C=O) groups is 2. The zero-order chi connectivity index (χ0) is 17.7. The summed E-state index contributed by atoms with van der Waals surface area (Å²) in [6.07, 6.45) is -6.18. The van der Waals surface area contributed by atoms with E-state index in [9.17, 15) is 22.8 Å². The lowest BCUT2D eigenvalue weighted by atomic mass is 10.1. The van der Waals surface area contributed by atoms with Crippen LogP contribution >= 0.6 is 0 Å². The topological polar surface area (TPSA) is 43.4 Å². The van der Waals surface area contributed by atoms with Crippen molar-refractivity contribution in [1.29, 1.82) is 0 Å². The highest BCUT2D eigenvalue weighted by molar-refractivity contribution is 6.09. The summed E-state index contributed by atoms with van der Waals surface area (Å²) in [7, 11) is 0.